The summed E-state index contributed by atoms with van der Waals surface area (Å²) in [6.07, 6.45) is 6.76. The fraction of sp³-hybridized carbons (Fsp3) is 0.647. The molecule has 1 N–H and O–H groups in total. The molecule has 1 aromatic rings. The summed E-state index contributed by atoms with van der Waals surface area (Å²) in [4.78, 5) is 1.80. The van der Waals surface area contributed by atoms with Gasteiger partial charge in [-0.2, -0.15) is 0 Å². The summed E-state index contributed by atoms with van der Waals surface area (Å²) in [5.74, 6) is 1.02. The third-order valence-corrected chi connectivity index (χ3v) is 4.23. The average molecular weight is 262 g/mol. The quantitative estimate of drug-likeness (QED) is 0.778. The molecule has 0 unspecified atom stereocenters. The molecule has 0 amide bonds. The number of ether oxygens (including phenoxy) is 1. The molecule has 0 atom stereocenters. The topological polar surface area (TPSA) is 13.7 Å². The van der Waals surface area contributed by atoms with Crippen LogP contribution in [0.5, 0.6) is 5.75 Å². The zero-order valence-corrected chi connectivity index (χ0v) is 12.5. The van der Waals surface area contributed by atoms with Crippen molar-refractivity contribution in [2.24, 2.45) is 0 Å². The third kappa shape index (κ3) is 4.87. The number of nitrogens with one attached hydrogen (secondary N) is 1. The molecular weight excluding hydrogens is 234 g/mol. The molecule has 106 valence electrons. The van der Waals surface area contributed by atoms with E-state index in [4.69, 9.17) is 4.74 Å². The van der Waals surface area contributed by atoms with E-state index in [-0.39, 0.29) is 0 Å². The van der Waals surface area contributed by atoms with Gasteiger partial charge in [-0.05, 0) is 69.2 Å². The van der Waals surface area contributed by atoms with E-state index in [0.29, 0.717) is 0 Å². The summed E-state index contributed by atoms with van der Waals surface area (Å²) >= 11 is 0. The molecule has 0 aromatic heterocycles. The third-order valence-electron chi connectivity index (χ3n) is 4.23. The first-order valence-corrected chi connectivity index (χ1v) is 7.79. The van der Waals surface area contributed by atoms with Crippen molar-refractivity contribution in [3.63, 3.8) is 0 Å². The Kier molecular flexibility index (Phi) is 5.71. The highest BCUT2D eigenvalue weighted by molar-refractivity contribution is 5.33. The fourth-order valence-electron chi connectivity index (χ4n) is 2.77. The molecule has 1 heterocycles. The number of quaternary nitrogens is 1. The highest BCUT2D eigenvalue weighted by Crippen LogP contribution is 2.16. The summed E-state index contributed by atoms with van der Waals surface area (Å²) in [6, 6.07) is 6.37. The van der Waals surface area contributed by atoms with E-state index in [1.807, 2.05) is 0 Å². The zero-order valence-electron chi connectivity index (χ0n) is 12.5. The van der Waals surface area contributed by atoms with Crippen molar-refractivity contribution in [2.45, 2.75) is 46.0 Å². The largest absolute Gasteiger partial charge is 0.494 e. The van der Waals surface area contributed by atoms with E-state index < -0.39 is 0 Å². The van der Waals surface area contributed by atoms with Gasteiger partial charge in [0.15, 0.2) is 0 Å². The molecule has 0 spiro atoms. The number of benzene rings is 1. The molecule has 1 fully saturated rings. The van der Waals surface area contributed by atoms with Gasteiger partial charge in [-0.25, -0.2) is 0 Å². The molecule has 1 aromatic carbocycles. The van der Waals surface area contributed by atoms with Crippen molar-refractivity contribution in [3.05, 3.63) is 29.3 Å². The van der Waals surface area contributed by atoms with Crippen molar-refractivity contribution in [2.75, 3.05) is 26.2 Å². The van der Waals surface area contributed by atoms with Crippen LogP contribution in [0.25, 0.3) is 0 Å². The maximum Gasteiger partial charge on any atom is 0.119 e. The molecule has 1 aliphatic rings. The minimum absolute atomic E-state index is 0.857. The van der Waals surface area contributed by atoms with Gasteiger partial charge in [0, 0.05) is 0 Å². The van der Waals surface area contributed by atoms with Crippen LogP contribution in [-0.2, 0) is 0 Å². The number of likely N-dealkylation sites (tertiary alicyclic amines) is 1. The van der Waals surface area contributed by atoms with Gasteiger partial charge < -0.3 is 9.64 Å². The number of hydrogen-bond acceptors (Lipinski definition) is 1. The lowest BCUT2D eigenvalue weighted by atomic mass is 10.1. The first-order valence-electron chi connectivity index (χ1n) is 7.79. The monoisotopic (exact) mass is 262 g/mol. The van der Waals surface area contributed by atoms with Crippen LogP contribution in [0.3, 0.4) is 0 Å². The molecule has 2 heteroatoms. The Morgan fingerprint density at radius 2 is 1.79 bits per heavy atom. The van der Waals surface area contributed by atoms with Crippen LogP contribution in [0, 0.1) is 13.8 Å². The van der Waals surface area contributed by atoms with Crippen LogP contribution in [0.4, 0.5) is 0 Å². The van der Waals surface area contributed by atoms with E-state index in [1.54, 1.807) is 4.90 Å². The number of aryl methyl sites for hydroxylation is 2. The summed E-state index contributed by atoms with van der Waals surface area (Å²) in [7, 11) is 0. The lowest BCUT2D eigenvalue weighted by Crippen LogP contribution is -3.12. The van der Waals surface area contributed by atoms with Crippen LogP contribution in [0.15, 0.2) is 18.2 Å². The van der Waals surface area contributed by atoms with E-state index >= 15 is 0 Å². The van der Waals surface area contributed by atoms with Gasteiger partial charge in [-0.15, -0.1) is 0 Å². The standard InChI is InChI=1S/C17H27NO/c1-15-8-9-17(14-16(15)2)19-13-7-6-12-18-10-4-3-5-11-18/h8-9,14H,3-7,10-13H2,1-2H3/p+1. The van der Waals surface area contributed by atoms with Gasteiger partial charge in [0.2, 0.25) is 0 Å². The minimum atomic E-state index is 0.857. The first kappa shape index (κ1) is 14.4. The van der Waals surface area contributed by atoms with Crippen LogP contribution in [0.1, 0.15) is 43.2 Å². The highest BCUT2D eigenvalue weighted by atomic mass is 16.5. The van der Waals surface area contributed by atoms with Crippen LogP contribution >= 0.6 is 0 Å². The van der Waals surface area contributed by atoms with Crippen LogP contribution < -0.4 is 9.64 Å². The van der Waals surface area contributed by atoms with Crippen molar-refractivity contribution in [3.8, 4) is 5.75 Å². The van der Waals surface area contributed by atoms with Gasteiger partial charge in [-0.1, -0.05) is 6.07 Å². The van der Waals surface area contributed by atoms with Gasteiger partial charge >= 0.3 is 0 Å². The Morgan fingerprint density at radius 1 is 1.00 bits per heavy atom. The Morgan fingerprint density at radius 3 is 2.53 bits per heavy atom. The second-order valence-electron chi connectivity index (χ2n) is 5.86. The smallest absolute Gasteiger partial charge is 0.119 e. The Bertz CT molecular complexity index is 383. The van der Waals surface area contributed by atoms with Crippen LogP contribution in [-0.4, -0.2) is 26.2 Å². The van der Waals surface area contributed by atoms with Crippen molar-refractivity contribution < 1.29 is 9.64 Å². The molecule has 1 aliphatic heterocycles. The second-order valence-corrected chi connectivity index (χ2v) is 5.86. The summed E-state index contributed by atoms with van der Waals surface area (Å²) in [5.41, 5.74) is 2.65. The second kappa shape index (κ2) is 7.54. The van der Waals surface area contributed by atoms with Crippen molar-refractivity contribution in [1.29, 1.82) is 0 Å². The number of unbranched alkanes of at least 4 members (excludes halogenated alkanes) is 1. The fourth-order valence-corrected chi connectivity index (χ4v) is 2.77. The Hall–Kier alpha value is -1.02. The summed E-state index contributed by atoms with van der Waals surface area (Å²) in [6.45, 7) is 9.24. The maximum atomic E-state index is 5.82. The lowest BCUT2D eigenvalue weighted by molar-refractivity contribution is -0.905. The van der Waals surface area contributed by atoms with Gasteiger partial charge in [-0.3, -0.25) is 0 Å². The molecule has 2 nitrogen and oxygen atoms in total. The maximum absolute atomic E-state index is 5.82. The van der Waals surface area contributed by atoms with E-state index in [1.165, 1.54) is 62.9 Å². The molecule has 0 aliphatic carbocycles. The highest BCUT2D eigenvalue weighted by Gasteiger charge is 2.12. The summed E-state index contributed by atoms with van der Waals surface area (Å²) in [5, 5.41) is 0. The molecular formula is C17H28NO+. The van der Waals surface area contributed by atoms with Crippen molar-refractivity contribution in [1.82, 2.24) is 0 Å². The first-order chi connectivity index (χ1) is 9.25. The Labute approximate surface area is 117 Å². The molecule has 2 rings (SSSR count). The van der Waals surface area contributed by atoms with E-state index in [0.717, 1.165) is 12.4 Å². The minimum Gasteiger partial charge on any atom is -0.494 e. The molecule has 0 saturated carbocycles. The molecule has 0 radical (unpaired) electrons. The van der Waals surface area contributed by atoms with E-state index in [9.17, 15) is 0 Å². The lowest BCUT2D eigenvalue weighted by Gasteiger charge is -2.23. The molecule has 1 saturated heterocycles. The number of hydrogen-bond donors (Lipinski definition) is 1. The van der Waals surface area contributed by atoms with Gasteiger partial charge in [0.1, 0.15) is 5.75 Å². The zero-order chi connectivity index (χ0) is 13.5. The molecule has 0 bridgehead atoms. The predicted molar refractivity (Wildman–Crippen MR) is 80.1 cm³/mol. The SMILES string of the molecule is Cc1ccc(OCCCC[NH+]2CCCCC2)cc1C. The number of piperidine rings is 1. The predicted octanol–water partition coefficient (Wildman–Crippen LogP) is 2.53. The van der Waals surface area contributed by atoms with Gasteiger partial charge in [0.25, 0.3) is 0 Å². The average Bonchev–Trinajstić information content (AvgIpc) is 2.43. The summed E-state index contributed by atoms with van der Waals surface area (Å²) < 4.78 is 5.82. The number of rotatable bonds is 6. The normalized spacial score (nSPS) is 16.5. The van der Waals surface area contributed by atoms with Crippen LogP contribution in [0.2, 0.25) is 0 Å². The van der Waals surface area contributed by atoms with Crippen molar-refractivity contribution >= 4 is 0 Å². The Balaban J connectivity index is 1.59. The van der Waals surface area contributed by atoms with Gasteiger partial charge in [0.05, 0.1) is 26.2 Å². The van der Waals surface area contributed by atoms with E-state index in [2.05, 4.69) is 32.0 Å². The molecule has 19 heavy (non-hydrogen) atoms.